The molecule has 0 aliphatic carbocycles. The van der Waals surface area contributed by atoms with Gasteiger partial charge in [-0.25, -0.2) is 4.98 Å². The van der Waals surface area contributed by atoms with Gasteiger partial charge in [0.05, 0.1) is 24.1 Å². The minimum atomic E-state index is -0.0377. The first-order chi connectivity index (χ1) is 16.1. The predicted molar refractivity (Wildman–Crippen MR) is 130 cm³/mol. The summed E-state index contributed by atoms with van der Waals surface area (Å²) < 4.78 is 2.33. The van der Waals surface area contributed by atoms with Gasteiger partial charge in [0.15, 0.2) is 0 Å². The molecule has 1 fully saturated rings. The van der Waals surface area contributed by atoms with Gasteiger partial charge >= 0.3 is 0 Å². The molecule has 0 bridgehead atoms. The van der Waals surface area contributed by atoms with Gasteiger partial charge in [0.25, 0.3) is 0 Å². The Kier molecular flexibility index (Phi) is 6.43. The van der Waals surface area contributed by atoms with Gasteiger partial charge in [-0.15, -0.1) is 10.2 Å². The summed E-state index contributed by atoms with van der Waals surface area (Å²) in [6.07, 6.45) is 0. The monoisotopic (exact) mass is 461 g/mol. The molecule has 2 aromatic carbocycles. The average Bonchev–Trinajstić information content (AvgIpc) is 3.38. The molecule has 4 aromatic rings. The van der Waals surface area contributed by atoms with Crippen LogP contribution in [0.1, 0.15) is 16.4 Å². The van der Waals surface area contributed by atoms with E-state index in [0.717, 1.165) is 55.6 Å². The number of para-hydroxylation sites is 2. The van der Waals surface area contributed by atoms with Crippen molar-refractivity contribution in [3.05, 3.63) is 71.0 Å². The molecule has 5 rings (SSSR count). The molecule has 1 saturated heterocycles. The number of rotatable bonds is 7. The number of amides is 1. The van der Waals surface area contributed by atoms with Gasteiger partial charge in [0, 0.05) is 32.7 Å². The minimum absolute atomic E-state index is 0.0377. The standard InChI is InChI=1S/C24H27N7OS/c1-18-27-28-24(33-18)26-23(32)17-30-13-11-29(12-14-30)16-22-25-20-9-5-6-10-21(20)31(22)15-19-7-3-2-4-8-19/h2-10H,11-17H2,1H3,(H,26,28,32). The smallest absolute Gasteiger partial charge is 0.240 e. The number of aryl methyl sites for hydroxylation is 1. The van der Waals surface area contributed by atoms with Gasteiger partial charge in [-0.1, -0.05) is 53.8 Å². The first-order valence-electron chi connectivity index (χ1n) is 11.2. The van der Waals surface area contributed by atoms with E-state index >= 15 is 0 Å². The molecule has 33 heavy (non-hydrogen) atoms. The van der Waals surface area contributed by atoms with Crippen LogP contribution < -0.4 is 5.32 Å². The van der Waals surface area contributed by atoms with Gasteiger partial charge in [-0.2, -0.15) is 0 Å². The highest BCUT2D eigenvalue weighted by Crippen LogP contribution is 2.20. The summed E-state index contributed by atoms with van der Waals surface area (Å²) in [6.45, 7) is 7.36. The molecule has 0 saturated carbocycles. The molecule has 1 aliphatic rings. The van der Waals surface area contributed by atoms with Gasteiger partial charge in [-0.3, -0.25) is 19.9 Å². The maximum Gasteiger partial charge on any atom is 0.240 e. The van der Waals surface area contributed by atoms with Crippen LogP contribution in [0.4, 0.5) is 5.13 Å². The van der Waals surface area contributed by atoms with E-state index in [0.29, 0.717) is 11.7 Å². The van der Waals surface area contributed by atoms with Crippen LogP contribution in [-0.4, -0.2) is 68.2 Å². The third-order valence-corrected chi connectivity index (χ3v) is 6.64. The zero-order valence-corrected chi connectivity index (χ0v) is 19.5. The Labute approximate surface area is 196 Å². The largest absolute Gasteiger partial charge is 0.322 e. The van der Waals surface area contributed by atoms with Crippen LogP contribution in [0.3, 0.4) is 0 Å². The van der Waals surface area contributed by atoms with Crippen LogP contribution in [0.5, 0.6) is 0 Å². The summed E-state index contributed by atoms with van der Waals surface area (Å²) in [5.74, 6) is 1.04. The fraction of sp³-hybridized carbons (Fsp3) is 0.333. The number of imidazole rings is 1. The second kappa shape index (κ2) is 9.78. The van der Waals surface area contributed by atoms with Crippen LogP contribution >= 0.6 is 11.3 Å². The van der Waals surface area contributed by atoms with Crippen molar-refractivity contribution < 1.29 is 4.79 Å². The molecule has 0 atom stereocenters. The first kappa shape index (κ1) is 21.7. The maximum absolute atomic E-state index is 12.3. The van der Waals surface area contributed by atoms with Crippen LogP contribution in [0.2, 0.25) is 0 Å². The summed E-state index contributed by atoms with van der Waals surface area (Å²) in [5.41, 5.74) is 3.47. The van der Waals surface area contributed by atoms with Crippen LogP contribution in [-0.2, 0) is 17.9 Å². The van der Waals surface area contributed by atoms with Crippen molar-refractivity contribution in [3.8, 4) is 0 Å². The molecule has 0 unspecified atom stereocenters. The number of aromatic nitrogens is 4. The molecule has 1 N–H and O–H groups in total. The summed E-state index contributed by atoms with van der Waals surface area (Å²) in [6, 6.07) is 18.9. The van der Waals surface area contributed by atoms with Crippen molar-refractivity contribution in [3.63, 3.8) is 0 Å². The SMILES string of the molecule is Cc1nnc(NC(=O)CN2CCN(Cc3nc4ccccc4n3Cc3ccccc3)CC2)s1. The molecule has 3 heterocycles. The van der Waals surface area contributed by atoms with E-state index < -0.39 is 0 Å². The number of fused-ring (bicyclic) bond motifs is 1. The Hall–Kier alpha value is -3.14. The first-order valence-corrected chi connectivity index (χ1v) is 12.0. The van der Waals surface area contributed by atoms with E-state index in [9.17, 15) is 4.79 Å². The van der Waals surface area contributed by atoms with Crippen LogP contribution in [0.25, 0.3) is 11.0 Å². The summed E-state index contributed by atoms with van der Waals surface area (Å²) in [4.78, 5) is 21.9. The molecule has 9 heteroatoms. The topological polar surface area (TPSA) is 79.2 Å². The zero-order chi connectivity index (χ0) is 22.6. The number of anilines is 1. The van der Waals surface area contributed by atoms with E-state index in [1.54, 1.807) is 0 Å². The molecular formula is C24H27N7OS. The van der Waals surface area contributed by atoms with Crippen molar-refractivity contribution in [1.82, 2.24) is 29.5 Å². The molecule has 8 nitrogen and oxygen atoms in total. The highest BCUT2D eigenvalue weighted by atomic mass is 32.1. The van der Waals surface area contributed by atoms with Crippen molar-refractivity contribution in [2.24, 2.45) is 0 Å². The quantitative estimate of drug-likeness (QED) is 0.456. The van der Waals surface area contributed by atoms with Gasteiger partial charge in [-0.05, 0) is 24.6 Å². The third-order valence-electron chi connectivity index (χ3n) is 5.89. The second-order valence-corrected chi connectivity index (χ2v) is 9.50. The second-order valence-electron chi connectivity index (χ2n) is 8.32. The van der Waals surface area contributed by atoms with Gasteiger partial charge in [0.2, 0.25) is 11.0 Å². The highest BCUT2D eigenvalue weighted by Gasteiger charge is 2.22. The van der Waals surface area contributed by atoms with E-state index in [1.165, 1.54) is 22.4 Å². The molecule has 1 amide bonds. The van der Waals surface area contributed by atoms with Crippen LogP contribution in [0.15, 0.2) is 54.6 Å². The van der Waals surface area contributed by atoms with Gasteiger partial charge in [0.1, 0.15) is 10.8 Å². The summed E-state index contributed by atoms with van der Waals surface area (Å²) >= 11 is 1.39. The average molecular weight is 462 g/mol. The van der Waals surface area contributed by atoms with Crippen molar-refractivity contribution in [2.75, 3.05) is 38.0 Å². The lowest BCUT2D eigenvalue weighted by Gasteiger charge is -2.34. The zero-order valence-electron chi connectivity index (χ0n) is 18.6. The Morgan fingerprint density at radius 2 is 1.67 bits per heavy atom. The Bertz CT molecular complexity index is 1230. The Balaban J connectivity index is 1.21. The lowest BCUT2D eigenvalue weighted by atomic mass is 10.2. The number of hydrogen-bond donors (Lipinski definition) is 1. The normalized spacial score (nSPS) is 15.2. The lowest BCUT2D eigenvalue weighted by Crippen LogP contribution is -2.48. The van der Waals surface area contributed by atoms with Crippen LogP contribution in [0, 0.1) is 6.92 Å². The molecule has 170 valence electrons. The number of hydrogen-bond acceptors (Lipinski definition) is 7. The fourth-order valence-corrected chi connectivity index (χ4v) is 4.81. The lowest BCUT2D eigenvalue weighted by molar-refractivity contribution is -0.117. The fourth-order valence-electron chi connectivity index (χ4n) is 4.20. The van der Waals surface area contributed by atoms with Crippen molar-refractivity contribution in [1.29, 1.82) is 0 Å². The van der Waals surface area contributed by atoms with E-state index in [4.69, 9.17) is 4.98 Å². The molecule has 0 radical (unpaired) electrons. The molecular weight excluding hydrogens is 434 g/mol. The number of nitrogens with one attached hydrogen (secondary N) is 1. The van der Waals surface area contributed by atoms with Gasteiger partial charge < -0.3 is 4.57 Å². The molecule has 0 spiro atoms. The van der Waals surface area contributed by atoms with Crippen molar-refractivity contribution in [2.45, 2.75) is 20.0 Å². The number of benzene rings is 2. The molecule has 1 aliphatic heterocycles. The van der Waals surface area contributed by atoms with E-state index in [2.05, 4.69) is 72.3 Å². The maximum atomic E-state index is 12.3. The Morgan fingerprint density at radius 3 is 2.42 bits per heavy atom. The highest BCUT2D eigenvalue weighted by molar-refractivity contribution is 7.15. The minimum Gasteiger partial charge on any atom is -0.322 e. The predicted octanol–water partition coefficient (Wildman–Crippen LogP) is 3.00. The number of nitrogens with zero attached hydrogens (tertiary/aromatic N) is 6. The number of carbonyl (C=O) groups is 1. The Morgan fingerprint density at radius 1 is 0.939 bits per heavy atom. The van der Waals surface area contributed by atoms with E-state index in [1.807, 2.05) is 19.1 Å². The summed E-state index contributed by atoms with van der Waals surface area (Å²) in [7, 11) is 0. The summed E-state index contributed by atoms with van der Waals surface area (Å²) in [5, 5.41) is 12.2. The number of carbonyl (C=O) groups excluding carboxylic acids is 1. The van der Waals surface area contributed by atoms with E-state index in [-0.39, 0.29) is 5.91 Å². The van der Waals surface area contributed by atoms with Crippen molar-refractivity contribution >= 4 is 33.4 Å². The third kappa shape index (κ3) is 5.27. The molecule has 2 aromatic heterocycles. The number of piperazine rings is 1.